The second-order valence-corrected chi connectivity index (χ2v) is 6.29. The van der Waals surface area contributed by atoms with Crippen LogP contribution in [0.5, 0.6) is 0 Å². The molecule has 0 aromatic rings. The average molecular weight is 225 g/mol. The van der Waals surface area contributed by atoms with Gasteiger partial charge in [-0.2, -0.15) is 0 Å². The predicted molar refractivity (Wildman–Crippen MR) is 65.5 cm³/mol. The van der Waals surface area contributed by atoms with Crippen LogP contribution in [0.1, 0.15) is 26.2 Å². The zero-order valence-corrected chi connectivity index (χ0v) is 10.1. The van der Waals surface area contributed by atoms with Gasteiger partial charge in [-0.1, -0.05) is 18.7 Å². The van der Waals surface area contributed by atoms with Crippen LogP contribution in [-0.4, -0.2) is 47.0 Å². The molecule has 84 valence electrons. The average Bonchev–Trinajstić information content (AvgIpc) is 2.85. The second kappa shape index (κ2) is 3.98. The lowest BCUT2D eigenvalue weighted by molar-refractivity contribution is 0.308. The van der Waals surface area contributed by atoms with Crippen molar-refractivity contribution < 1.29 is 0 Å². The molecule has 4 heteroatoms. The molecule has 3 atom stereocenters. The molecule has 0 radical (unpaired) electrons. The van der Waals surface area contributed by atoms with Gasteiger partial charge in [-0.25, -0.2) is 0 Å². The van der Waals surface area contributed by atoms with E-state index in [9.17, 15) is 0 Å². The molecular weight excluding hydrogens is 206 g/mol. The Morgan fingerprint density at radius 1 is 1.40 bits per heavy atom. The number of hydrogen-bond acceptors (Lipinski definition) is 4. The van der Waals surface area contributed by atoms with E-state index >= 15 is 0 Å². The number of amidine groups is 1. The SMILES string of the molecule is CC1CN=C(NC2CCN3CCCC23)S1. The first kappa shape index (κ1) is 9.97. The summed E-state index contributed by atoms with van der Waals surface area (Å²) in [6.45, 7) is 5.85. The molecule has 0 saturated carbocycles. The molecule has 3 rings (SSSR count). The van der Waals surface area contributed by atoms with Crippen LogP contribution in [-0.2, 0) is 0 Å². The van der Waals surface area contributed by atoms with Crippen molar-refractivity contribution in [3.8, 4) is 0 Å². The predicted octanol–water partition coefficient (Wildman–Crippen LogP) is 1.30. The summed E-state index contributed by atoms with van der Waals surface area (Å²) in [4.78, 5) is 7.18. The van der Waals surface area contributed by atoms with Crippen molar-refractivity contribution in [1.82, 2.24) is 10.2 Å². The first-order chi connectivity index (χ1) is 7.33. The van der Waals surface area contributed by atoms with Crippen molar-refractivity contribution in [2.75, 3.05) is 19.6 Å². The van der Waals surface area contributed by atoms with Gasteiger partial charge in [0.05, 0.1) is 6.54 Å². The van der Waals surface area contributed by atoms with Gasteiger partial charge in [0.1, 0.15) is 0 Å². The Morgan fingerprint density at radius 2 is 2.33 bits per heavy atom. The van der Waals surface area contributed by atoms with Crippen LogP contribution in [0.25, 0.3) is 0 Å². The first-order valence-electron chi connectivity index (χ1n) is 6.04. The molecule has 3 heterocycles. The summed E-state index contributed by atoms with van der Waals surface area (Å²) in [5.41, 5.74) is 0. The molecule has 1 N–H and O–H groups in total. The van der Waals surface area contributed by atoms with Gasteiger partial charge < -0.3 is 5.32 Å². The normalized spacial score (nSPS) is 40.6. The zero-order valence-electron chi connectivity index (χ0n) is 9.28. The molecule has 3 unspecified atom stereocenters. The van der Waals surface area contributed by atoms with Crippen LogP contribution < -0.4 is 5.32 Å². The quantitative estimate of drug-likeness (QED) is 0.729. The van der Waals surface area contributed by atoms with Gasteiger partial charge in [0.2, 0.25) is 0 Å². The third-order valence-corrected chi connectivity index (χ3v) is 4.74. The van der Waals surface area contributed by atoms with E-state index in [0.29, 0.717) is 11.3 Å². The smallest absolute Gasteiger partial charge is 0.157 e. The van der Waals surface area contributed by atoms with Gasteiger partial charge in [-0.15, -0.1) is 0 Å². The number of thioether (sulfide) groups is 1. The monoisotopic (exact) mass is 225 g/mol. The first-order valence-corrected chi connectivity index (χ1v) is 6.92. The summed E-state index contributed by atoms with van der Waals surface area (Å²) in [6, 6.07) is 1.47. The maximum Gasteiger partial charge on any atom is 0.157 e. The van der Waals surface area contributed by atoms with Gasteiger partial charge in [-0.05, 0) is 25.8 Å². The summed E-state index contributed by atoms with van der Waals surface area (Å²) < 4.78 is 0. The number of fused-ring (bicyclic) bond motifs is 1. The minimum absolute atomic E-state index is 0.670. The summed E-state index contributed by atoms with van der Waals surface area (Å²) in [5.74, 6) is 0. The van der Waals surface area contributed by atoms with Crippen molar-refractivity contribution in [3.63, 3.8) is 0 Å². The lowest BCUT2D eigenvalue weighted by Gasteiger charge is -2.21. The lowest BCUT2D eigenvalue weighted by Crippen LogP contribution is -2.41. The minimum Gasteiger partial charge on any atom is -0.361 e. The fraction of sp³-hybridized carbons (Fsp3) is 0.909. The Morgan fingerprint density at radius 3 is 3.13 bits per heavy atom. The van der Waals surface area contributed by atoms with E-state index in [-0.39, 0.29) is 0 Å². The van der Waals surface area contributed by atoms with E-state index in [0.717, 1.165) is 12.6 Å². The molecule has 0 aromatic heterocycles. The summed E-state index contributed by atoms with van der Waals surface area (Å²) in [7, 11) is 0. The molecule has 0 spiro atoms. The molecule has 3 nitrogen and oxygen atoms in total. The van der Waals surface area contributed by atoms with Gasteiger partial charge in [-0.3, -0.25) is 9.89 Å². The molecule has 0 amide bonds. The maximum absolute atomic E-state index is 4.54. The topological polar surface area (TPSA) is 27.6 Å². The Kier molecular flexibility index (Phi) is 2.64. The molecule has 3 aliphatic rings. The third-order valence-electron chi connectivity index (χ3n) is 3.72. The van der Waals surface area contributed by atoms with E-state index in [1.165, 1.54) is 37.5 Å². The van der Waals surface area contributed by atoms with Crippen molar-refractivity contribution >= 4 is 16.9 Å². The van der Waals surface area contributed by atoms with Crippen LogP contribution in [0.4, 0.5) is 0 Å². The van der Waals surface area contributed by atoms with E-state index in [2.05, 4.69) is 22.1 Å². The Labute approximate surface area is 95.7 Å². The molecular formula is C11H19N3S. The largest absolute Gasteiger partial charge is 0.361 e. The standard InChI is InChI=1S/C11H19N3S/c1-8-7-12-11(15-8)13-9-4-6-14-5-2-3-10(9)14/h8-10H,2-7H2,1H3,(H,12,13). The van der Waals surface area contributed by atoms with Crippen molar-refractivity contribution in [1.29, 1.82) is 0 Å². The Balaban J connectivity index is 1.59. The highest BCUT2D eigenvalue weighted by molar-refractivity contribution is 8.14. The van der Waals surface area contributed by atoms with E-state index in [1.54, 1.807) is 0 Å². The molecule has 15 heavy (non-hydrogen) atoms. The highest BCUT2D eigenvalue weighted by Gasteiger charge is 2.37. The minimum atomic E-state index is 0.670. The van der Waals surface area contributed by atoms with E-state index in [1.807, 2.05) is 11.8 Å². The number of nitrogens with one attached hydrogen (secondary N) is 1. The van der Waals surface area contributed by atoms with Crippen LogP contribution in [0.15, 0.2) is 4.99 Å². The number of aliphatic imine (C=N–C) groups is 1. The fourth-order valence-corrected chi connectivity index (χ4v) is 3.86. The highest BCUT2D eigenvalue weighted by atomic mass is 32.2. The molecule has 3 aliphatic heterocycles. The zero-order chi connectivity index (χ0) is 10.3. The van der Waals surface area contributed by atoms with E-state index < -0.39 is 0 Å². The highest BCUT2D eigenvalue weighted by Crippen LogP contribution is 2.29. The van der Waals surface area contributed by atoms with Crippen LogP contribution >= 0.6 is 11.8 Å². The molecule has 0 aliphatic carbocycles. The Bertz CT molecular complexity index is 279. The number of hydrogen-bond donors (Lipinski definition) is 1. The summed E-state index contributed by atoms with van der Waals surface area (Å²) >= 11 is 1.91. The second-order valence-electron chi connectivity index (χ2n) is 4.86. The van der Waals surface area contributed by atoms with Crippen LogP contribution in [0.2, 0.25) is 0 Å². The van der Waals surface area contributed by atoms with Gasteiger partial charge >= 0.3 is 0 Å². The third kappa shape index (κ3) is 1.89. The molecule has 2 fully saturated rings. The fourth-order valence-electron chi connectivity index (χ4n) is 2.97. The van der Waals surface area contributed by atoms with Crippen LogP contribution in [0, 0.1) is 0 Å². The summed E-state index contributed by atoms with van der Waals surface area (Å²) in [6.07, 6.45) is 4.07. The van der Waals surface area contributed by atoms with Crippen LogP contribution in [0.3, 0.4) is 0 Å². The Hall–Kier alpha value is -0.220. The van der Waals surface area contributed by atoms with Crippen molar-refractivity contribution in [3.05, 3.63) is 0 Å². The summed E-state index contributed by atoms with van der Waals surface area (Å²) in [5, 5.41) is 5.52. The van der Waals surface area contributed by atoms with Gasteiger partial charge in [0.15, 0.2) is 5.17 Å². The number of nitrogens with zero attached hydrogens (tertiary/aromatic N) is 2. The van der Waals surface area contributed by atoms with E-state index in [4.69, 9.17) is 0 Å². The molecule has 2 saturated heterocycles. The lowest BCUT2D eigenvalue weighted by atomic mass is 10.1. The number of rotatable bonds is 1. The van der Waals surface area contributed by atoms with Crippen molar-refractivity contribution in [2.45, 2.75) is 43.5 Å². The van der Waals surface area contributed by atoms with Gasteiger partial charge in [0.25, 0.3) is 0 Å². The molecule has 0 bridgehead atoms. The molecule has 0 aromatic carbocycles. The van der Waals surface area contributed by atoms with Gasteiger partial charge in [0, 0.05) is 23.9 Å². The van der Waals surface area contributed by atoms with Crippen molar-refractivity contribution in [2.24, 2.45) is 4.99 Å². The maximum atomic E-state index is 4.54.